The normalized spacial score (nSPS) is 9.56. The monoisotopic (exact) mass is 158 g/mol. The molecule has 0 aliphatic carbocycles. The first-order valence-electron chi connectivity index (χ1n) is 2.62. The standard InChI is InChI=1S/C6H5BCl2/c7-5-2-1-4(8)3-6(5)9/h1-3H,7H2. The van der Waals surface area contributed by atoms with Gasteiger partial charge >= 0.3 is 0 Å². The van der Waals surface area contributed by atoms with E-state index >= 15 is 0 Å². The minimum atomic E-state index is 0.686. The summed E-state index contributed by atoms with van der Waals surface area (Å²) in [6.07, 6.45) is 0. The summed E-state index contributed by atoms with van der Waals surface area (Å²) >= 11 is 11.4. The molecule has 46 valence electrons. The van der Waals surface area contributed by atoms with E-state index in [1.807, 2.05) is 20.0 Å². The molecule has 0 heterocycles. The van der Waals surface area contributed by atoms with Crippen LogP contribution in [0.15, 0.2) is 18.2 Å². The van der Waals surface area contributed by atoms with Crippen LogP contribution in [0.3, 0.4) is 0 Å². The summed E-state index contributed by atoms with van der Waals surface area (Å²) in [5, 5.41) is 1.41. The van der Waals surface area contributed by atoms with Crippen molar-refractivity contribution in [2.75, 3.05) is 0 Å². The first-order chi connectivity index (χ1) is 4.20. The van der Waals surface area contributed by atoms with E-state index < -0.39 is 0 Å². The highest BCUT2D eigenvalue weighted by Crippen LogP contribution is 2.11. The van der Waals surface area contributed by atoms with Gasteiger partial charge in [0.2, 0.25) is 0 Å². The molecule has 0 spiro atoms. The summed E-state index contributed by atoms with van der Waals surface area (Å²) in [5.41, 5.74) is 1.06. The van der Waals surface area contributed by atoms with Crippen molar-refractivity contribution in [2.45, 2.75) is 0 Å². The van der Waals surface area contributed by atoms with Crippen molar-refractivity contribution in [1.29, 1.82) is 0 Å². The second-order valence-electron chi connectivity index (χ2n) is 1.89. The van der Waals surface area contributed by atoms with Gasteiger partial charge in [-0.05, 0) is 12.1 Å². The molecule has 0 fully saturated rings. The van der Waals surface area contributed by atoms with Gasteiger partial charge in [0.25, 0.3) is 0 Å². The fourth-order valence-electron chi connectivity index (χ4n) is 0.567. The molecule has 1 aromatic carbocycles. The van der Waals surface area contributed by atoms with Crippen LogP contribution in [0, 0.1) is 0 Å². The van der Waals surface area contributed by atoms with E-state index in [1.54, 1.807) is 6.07 Å². The maximum atomic E-state index is 5.73. The zero-order chi connectivity index (χ0) is 6.85. The lowest BCUT2D eigenvalue weighted by atomic mass is 9.97. The molecule has 0 aliphatic rings. The molecule has 3 heteroatoms. The molecule has 0 aliphatic heterocycles. The molecule has 1 aromatic rings. The average Bonchev–Trinajstić information content (AvgIpc) is 1.80. The molecular weight excluding hydrogens is 154 g/mol. The highest BCUT2D eigenvalue weighted by Gasteiger charge is 1.92. The molecule has 0 nitrogen and oxygen atoms in total. The molecule has 0 bridgehead atoms. The summed E-state index contributed by atoms with van der Waals surface area (Å²) in [5.74, 6) is 0. The van der Waals surface area contributed by atoms with Crippen molar-refractivity contribution >= 4 is 36.5 Å². The minimum absolute atomic E-state index is 0.686. The quantitative estimate of drug-likeness (QED) is 0.499. The van der Waals surface area contributed by atoms with Gasteiger partial charge < -0.3 is 0 Å². The van der Waals surface area contributed by atoms with Crippen LogP contribution in [0.4, 0.5) is 0 Å². The SMILES string of the molecule is Bc1ccc(Cl)cc1Cl. The summed E-state index contributed by atoms with van der Waals surface area (Å²) in [6.45, 7) is 0. The smallest absolute Gasteiger partial charge is 0.0849 e. The van der Waals surface area contributed by atoms with Crippen LogP contribution in [0.25, 0.3) is 0 Å². The fraction of sp³-hybridized carbons (Fsp3) is 0. The Bertz CT molecular complexity index is 222. The number of halogens is 2. The Morgan fingerprint density at radius 1 is 1.22 bits per heavy atom. The fourth-order valence-corrected chi connectivity index (χ4v) is 0.976. The Balaban J connectivity index is 3.17. The van der Waals surface area contributed by atoms with Crippen molar-refractivity contribution in [3.63, 3.8) is 0 Å². The largest absolute Gasteiger partial charge is 0.141 e. The van der Waals surface area contributed by atoms with E-state index in [4.69, 9.17) is 23.2 Å². The van der Waals surface area contributed by atoms with Crippen molar-refractivity contribution in [1.82, 2.24) is 0 Å². The van der Waals surface area contributed by atoms with Crippen molar-refractivity contribution in [3.8, 4) is 0 Å². The third kappa shape index (κ3) is 1.63. The Labute approximate surface area is 65.2 Å². The second kappa shape index (κ2) is 2.63. The van der Waals surface area contributed by atoms with Gasteiger partial charge in [-0.1, -0.05) is 34.7 Å². The van der Waals surface area contributed by atoms with Crippen molar-refractivity contribution in [3.05, 3.63) is 28.2 Å². The summed E-state index contributed by atoms with van der Waals surface area (Å²) in [7, 11) is 1.94. The molecule has 0 atom stereocenters. The van der Waals surface area contributed by atoms with E-state index in [9.17, 15) is 0 Å². The Hall–Kier alpha value is -0.135. The van der Waals surface area contributed by atoms with E-state index in [0.717, 1.165) is 10.5 Å². The zero-order valence-corrected chi connectivity index (χ0v) is 6.50. The van der Waals surface area contributed by atoms with E-state index in [2.05, 4.69) is 0 Å². The van der Waals surface area contributed by atoms with Gasteiger partial charge in [-0.25, -0.2) is 0 Å². The van der Waals surface area contributed by atoms with Crippen molar-refractivity contribution < 1.29 is 0 Å². The molecular formula is C6H5BCl2. The third-order valence-electron chi connectivity index (χ3n) is 1.13. The molecule has 0 saturated carbocycles. The maximum absolute atomic E-state index is 5.73. The van der Waals surface area contributed by atoms with Gasteiger partial charge in [0.05, 0.1) is 0 Å². The van der Waals surface area contributed by atoms with Gasteiger partial charge in [-0.2, -0.15) is 0 Å². The van der Waals surface area contributed by atoms with E-state index in [-0.39, 0.29) is 0 Å². The third-order valence-corrected chi connectivity index (χ3v) is 1.78. The molecule has 1 rings (SSSR count). The minimum Gasteiger partial charge on any atom is -0.0849 e. The number of benzene rings is 1. The predicted molar refractivity (Wildman–Crippen MR) is 44.6 cm³/mol. The summed E-state index contributed by atoms with van der Waals surface area (Å²) < 4.78 is 0. The molecule has 0 saturated heterocycles. The molecule has 9 heavy (non-hydrogen) atoms. The highest BCUT2D eigenvalue weighted by molar-refractivity contribution is 6.45. The number of hydrogen-bond donors (Lipinski definition) is 0. The summed E-state index contributed by atoms with van der Waals surface area (Å²) in [4.78, 5) is 0. The molecule has 0 unspecified atom stereocenters. The van der Waals surface area contributed by atoms with E-state index in [1.165, 1.54) is 0 Å². The predicted octanol–water partition coefficient (Wildman–Crippen LogP) is 1.25. The van der Waals surface area contributed by atoms with Crippen LogP contribution in [-0.4, -0.2) is 7.85 Å². The Morgan fingerprint density at radius 2 is 1.89 bits per heavy atom. The van der Waals surface area contributed by atoms with Gasteiger partial charge in [0.15, 0.2) is 0 Å². The first kappa shape index (κ1) is 6.98. The second-order valence-corrected chi connectivity index (χ2v) is 2.74. The van der Waals surface area contributed by atoms with E-state index in [0.29, 0.717) is 5.02 Å². The van der Waals surface area contributed by atoms with Gasteiger partial charge in [0.1, 0.15) is 7.85 Å². The van der Waals surface area contributed by atoms with Crippen LogP contribution in [-0.2, 0) is 0 Å². The van der Waals surface area contributed by atoms with Crippen LogP contribution in [0.1, 0.15) is 0 Å². The molecule has 0 aromatic heterocycles. The Kier molecular flexibility index (Phi) is 2.04. The van der Waals surface area contributed by atoms with Gasteiger partial charge in [-0.3, -0.25) is 0 Å². The van der Waals surface area contributed by atoms with Gasteiger partial charge in [-0.15, -0.1) is 0 Å². The summed E-state index contributed by atoms with van der Waals surface area (Å²) in [6, 6.07) is 5.45. The topological polar surface area (TPSA) is 0 Å². The van der Waals surface area contributed by atoms with Crippen molar-refractivity contribution in [2.24, 2.45) is 0 Å². The maximum Gasteiger partial charge on any atom is 0.141 e. The lowest BCUT2D eigenvalue weighted by Gasteiger charge is -1.94. The van der Waals surface area contributed by atoms with Gasteiger partial charge in [0, 0.05) is 10.0 Å². The van der Waals surface area contributed by atoms with Crippen LogP contribution in [0.5, 0.6) is 0 Å². The van der Waals surface area contributed by atoms with Crippen LogP contribution >= 0.6 is 23.2 Å². The lowest BCUT2D eigenvalue weighted by Crippen LogP contribution is -2.01. The molecule has 0 N–H and O–H groups in total. The first-order valence-corrected chi connectivity index (χ1v) is 3.37. The highest BCUT2D eigenvalue weighted by atomic mass is 35.5. The number of rotatable bonds is 0. The average molecular weight is 159 g/mol. The Morgan fingerprint density at radius 3 is 2.33 bits per heavy atom. The van der Waals surface area contributed by atoms with Crippen LogP contribution in [0.2, 0.25) is 10.0 Å². The molecule has 0 amide bonds. The lowest BCUT2D eigenvalue weighted by molar-refractivity contribution is 1.76. The number of hydrogen-bond acceptors (Lipinski definition) is 0. The molecule has 0 radical (unpaired) electrons. The van der Waals surface area contributed by atoms with Crippen LogP contribution < -0.4 is 5.46 Å². The zero-order valence-electron chi connectivity index (χ0n) is 4.99.